The van der Waals surface area contributed by atoms with E-state index in [4.69, 9.17) is 0 Å². The van der Waals surface area contributed by atoms with E-state index in [1.165, 1.54) is 38.6 Å². The largest absolute Gasteiger partial charge is 0.313 e. The zero-order chi connectivity index (χ0) is 9.53. The Hall–Kier alpha value is -0.0400. The smallest absolute Gasteiger partial charge is 0.00725 e. The SMILES string of the molecule is CC1(C)CCC(NCC2(C)CC2)C1. The molecule has 1 unspecified atom stereocenters. The molecule has 0 amide bonds. The normalized spacial score (nSPS) is 34.8. The molecule has 1 heteroatoms. The Kier molecular flexibility index (Phi) is 2.18. The first kappa shape index (κ1) is 9.51. The van der Waals surface area contributed by atoms with Gasteiger partial charge in [0.2, 0.25) is 0 Å². The molecule has 0 aromatic heterocycles. The van der Waals surface area contributed by atoms with E-state index in [1.54, 1.807) is 0 Å². The molecule has 0 spiro atoms. The van der Waals surface area contributed by atoms with Crippen molar-refractivity contribution in [1.29, 1.82) is 0 Å². The first-order valence-corrected chi connectivity index (χ1v) is 5.73. The molecular weight excluding hydrogens is 158 g/mol. The van der Waals surface area contributed by atoms with Crippen molar-refractivity contribution in [2.75, 3.05) is 6.54 Å². The summed E-state index contributed by atoms with van der Waals surface area (Å²) in [7, 11) is 0. The number of hydrogen-bond acceptors (Lipinski definition) is 1. The molecule has 0 saturated heterocycles. The summed E-state index contributed by atoms with van der Waals surface area (Å²) in [6.45, 7) is 8.45. The van der Waals surface area contributed by atoms with Gasteiger partial charge in [-0.05, 0) is 42.9 Å². The molecule has 0 aromatic rings. The van der Waals surface area contributed by atoms with Crippen molar-refractivity contribution in [3.63, 3.8) is 0 Å². The zero-order valence-corrected chi connectivity index (χ0v) is 9.32. The summed E-state index contributed by atoms with van der Waals surface area (Å²) < 4.78 is 0. The predicted octanol–water partition coefficient (Wildman–Crippen LogP) is 2.95. The molecule has 0 bridgehead atoms. The quantitative estimate of drug-likeness (QED) is 0.706. The third-order valence-corrected chi connectivity index (χ3v) is 3.89. The van der Waals surface area contributed by atoms with E-state index in [-0.39, 0.29) is 0 Å². The first-order chi connectivity index (χ1) is 5.99. The third kappa shape index (κ3) is 2.46. The zero-order valence-electron chi connectivity index (χ0n) is 9.32. The average Bonchev–Trinajstić information content (AvgIpc) is 2.65. The van der Waals surface area contributed by atoms with Gasteiger partial charge in [0.25, 0.3) is 0 Å². The molecule has 0 aromatic carbocycles. The van der Waals surface area contributed by atoms with Gasteiger partial charge in [0.1, 0.15) is 0 Å². The lowest BCUT2D eigenvalue weighted by atomic mass is 9.92. The number of hydrogen-bond donors (Lipinski definition) is 1. The second-order valence-corrected chi connectivity index (χ2v) is 6.30. The highest BCUT2D eigenvalue weighted by atomic mass is 14.9. The monoisotopic (exact) mass is 181 g/mol. The Bertz CT molecular complexity index is 191. The van der Waals surface area contributed by atoms with Crippen molar-refractivity contribution in [3.05, 3.63) is 0 Å². The highest BCUT2D eigenvalue weighted by Gasteiger charge is 2.38. The fourth-order valence-corrected chi connectivity index (χ4v) is 2.39. The van der Waals surface area contributed by atoms with Crippen LogP contribution in [0.5, 0.6) is 0 Å². The summed E-state index contributed by atoms with van der Waals surface area (Å²) in [6.07, 6.45) is 7.06. The van der Waals surface area contributed by atoms with Crippen LogP contribution in [0.2, 0.25) is 0 Å². The molecule has 76 valence electrons. The minimum atomic E-state index is 0.599. The van der Waals surface area contributed by atoms with Crippen LogP contribution in [0.3, 0.4) is 0 Å². The van der Waals surface area contributed by atoms with E-state index in [1.807, 2.05) is 0 Å². The van der Waals surface area contributed by atoms with Crippen LogP contribution in [0.25, 0.3) is 0 Å². The van der Waals surface area contributed by atoms with Crippen molar-refractivity contribution in [2.24, 2.45) is 10.8 Å². The minimum Gasteiger partial charge on any atom is -0.313 e. The number of rotatable bonds is 3. The van der Waals surface area contributed by atoms with Gasteiger partial charge in [0, 0.05) is 12.6 Å². The summed E-state index contributed by atoms with van der Waals surface area (Å²) in [6, 6.07) is 0.812. The van der Waals surface area contributed by atoms with Crippen LogP contribution >= 0.6 is 0 Å². The maximum atomic E-state index is 3.74. The lowest BCUT2D eigenvalue weighted by Gasteiger charge is -2.19. The van der Waals surface area contributed by atoms with E-state index in [0.717, 1.165) is 6.04 Å². The molecule has 2 rings (SSSR count). The van der Waals surface area contributed by atoms with Crippen LogP contribution in [-0.4, -0.2) is 12.6 Å². The van der Waals surface area contributed by atoms with Gasteiger partial charge in [-0.15, -0.1) is 0 Å². The Morgan fingerprint density at radius 1 is 1.15 bits per heavy atom. The highest BCUT2D eigenvalue weighted by molar-refractivity contribution is 4.93. The third-order valence-electron chi connectivity index (χ3n) is 3.89. The van der Waals surface area contributed by atoms with Crippen LogP contribution in [0, 0.1) is 10.8 Å². The molecule has 1 nitrogen and oxygen atoms in total. The van der Waals surface area contributed by atoms with Crippen molar-refractivity contribution < 1.29 is 0 Å². The van der Waals surface area contributed by atoms with Crippen molar-refractivity contribution in [1.82, 2.24) is 5.32 Å². The standard InChI is InChI=1S/C12H23N/c1-11(2)5-4-10(8-11)13-9-12(3)6-7-12/h10,13H,4-9H2,1-3H3. The Balaban J connectivity index is 1.72. The van der Waals surface area contributed by atoms with Crippen molar-refractivity contribution >= 4 is 0 Å². The van der Waals surface area contributed by atoms with Gasteiger partial charge < -0.3 is 5.32 Å². The average molecular weight is 181 g/mol. The molecule has 0 radical (unpaired) electrons. The fourth-order valence-electron chi connectivity index (χ4n) is 2.39. The second kappa shape index (κ2) is 2.98. The summed E-state index contributed by atoms with van der Waals surface area (Å²) in [5.41, 5.74) is 1.27. The van der Waals surface area contributed by atoms with Crippen LogP contribution in [0.15, 0.2) is 0 Å². The summed E-state index contributed by atoms with van der Waals surface area (Å²) in [4.78, 5) is 0. The highest BCUT2D eigenvalue weighted by Crippen LogP contribution is 2.45. The van der Waals surface area contributed by atoms with Gasteiger partial charge in [-0.3, -0.25) is 0 Å². The van der Waals surface area contributed by atoms with E-state index in [0.29, 0.717) is 10.8 Å². The van der Waals surface area contributed by atoms with E-state index in [9.17, 15) is 0 Å². The molecule has 0 heterocycles. The van der Waals surface area contributed by atoms with Crippen LogP contribution in [-0.2, 0) is 0 Å². The topological polar surface area (TPSA) is 12.0 Å². The van der Waals surface area contributed by atoms with Crippen molar-refractivity contribution in [3.8, 4) is 0 Å². The number of nitrogens with one attached hydrogen (secondary N) is 1. The van der Waals surface area contributed by atoms with E-state index < -0.39 is 0 Å². The molecule has 2 fully saturated rings. The fraction of sp³-hybridized carbons (Fsp3) is 1.00. The molecule has 1 N–H and O–H groups in total. The maximum Gasteiger partial charge on any atom is 0.00725 e. The second-order valence-electron chi connectivity index (χ2n) is 6.30. The molecule has 2 aliphatic carbocycles. The van der Waals surface area contributed by atoms with Gasteiger partial charge in [-0.1, -0.05) is 20.8 Å². The molecule has 13 heavy (non-hydrogen) atoms. The van der Waals surface area contributed by atoms with Crippen LogP contribution in [0.4, 0.5) is 0 Å². The molecule has 0 aliphatic heterocycles. The molecule has 2 saturated carbocycles. The van der Waals surface area contributed by atoms with Crippen molar-refractivity contribution in [2.45, 2.75) is 58.9 Å². The lowest BCUT2D eigenvalue weighted by Crippen LogP contribution is -2.32. The van der Waals surface area contributed by atoms with E-state index in [2.05, 4.69) is 26.1 Å². The molecule has 1 atom stereocenters. The van der Waals surface area contributed by atoms with E-state index >= 15 is 0 Å². The maximum absolute atomic E-state index is 3.74. The lowest BCUT2D eigenvalue weighted by molar-refractivity contribution is 0.355. The summed E-state index contributed by atoms with van der Waals surface area (Å²) in [5, 5.41) is 3.74. The minimum absolute atomic E-state index is 0.599. The Morgan fingerprint density at radius 2 is 1.85 bits per heavy atom. The Morgan fingerprint density at radius 3 is 2.31 bits per heavy atom. The summed E-state index contributed by atoms with van der Waals surface area (Å²) in [5.74, 6) is 0. The van der Waals surface area contributed by atoms with Crippen LogP contribution < -0.4 is 5.32 Å². The van der Waals surface area contributed by atoms with Gasteiger partial charge >= 0.3 is 0 Å². The Labute approximate surface area is 82.3 Å². The predicted molar refractivity (Wildman–Crippen MR) is 56.8 cm³/mol. The summed E-state index contributed by atoms with van der Waals surface area (Å²) >= 11 is 0. The van der Waals surface area contributed by atoms with Crippen LogP contribution in [0.1, 0.15) is 52.9 Å². The first-order valence-electron chi connectivity index (χ1n) is 5.73. The molecular formula is C12H23N. The van der Waals surface area contributed by atoms with Gasteiger partial charge in [0.15, 0.2) is 0 Å². The van der Waals surface area contributed by atoms with Gasteiger partial charge in [-0.25, -0.2) is 0 Å². The van der Waals surface area contributed by atoms with Gasteiger partial charge in [0.05, 0.1) is 0 Å². The van der Waals surface area contributed by atoms with Gasteiger partial charge in [-0.2, -0.15) is 0 Å². The molecule has 2 aliphatic rings.